The summed E-state index contributed by atoms with van der Waals surface area (Å²) in [6, 6.07) is 17.6. The number of hydrogen-bond donors (Lipinski definition) is 2. The molecule has 8 heteroatoms. The van der Waals surface area contributed by atoms with Gasteiger partial charge in [-0.05, 0) is 48.4 Å². The molecule has 8 nitrogen and oxygen atoms in total. The Morgan fingerprint density at radius 1 is 1.00 bits per heavy atom. The van der Waals surface area contributed by atoms with E-state index in [2.05, 4.69) is 15.6 Å². The molecular formula is C26H24N4O4. The van der Waals surface area contributed by atoms with E-state index in [1.165, 1.54) is 11.8 Å². The summed E-state index contributed by atoms with van der Waals surface area (Å²) in [5.41, 5.74) is 2.87. The van der Waals surface area contributed by atoms with Gasteiger partial charge in [0.05, 0.1) is 24.4 Å². The van der Waals surface area contributed by atoms with E-state index in [0.29, 0.717) is 29.3 Å². The van der Waals surface area contributed by atoms with Crippen LogP contribution >= 0.6 is 0 Å². The number of hydrogen-bond acceptors (Lipinski definition) is 6. The molecule has 3 aromatic rings. The Morgan fingerprint density at radius 3 is 2.44 bits per heavy atom. The van der Waals surface area contributed by atoms with Crippen LogP contribution in [0.5, 0.6) is 5.75 Å². The molecule has 0 radical (unpaired) electrons. The maximum absolute atomic E-state index is 13.5. The quantitative estimate of drug-likeness (QED) is 0.500. The van der Waals surface area contributed by atoms with Crippen LogP contribution in [0.4, 0.5) is 11.4 Å². The number of carbonyl (C=O) groups is 3. The highest BCUT2D eigenvalue weighted by Gasteiger charge is 2.39. The number of para-hydroxylation sites is 2. The van der Waals surface area contributed by atoms with Crippen molar-refractivity contribution >= 4 is 34.7 Å². The van der Waals surface area contributed by atoms with E-state index in [4.69, 9.17) is 4.74 Å². The number of benzene rings is 2. The molecule has 0 saturated carbocycles. The molecule has 1 aliphatic heterocycles. The molecule has 34 heavy (non-hydrogen) atoms. The number of aromatic nitrogens is 1. The van der Waals surface area contributed by atoms with Crippen LogP contribution in [0.3, 0.4) is 0 Å². The maximum atomic E-state index is 13.5. The first-order chi connectivity index (χ1) is 16.5. The second-order valence-corrected chi connectivity index (χ2v) is 7.62. The van der Waals surface area contributed by atoms with Crippen molar-refractivity contribution in [2.75, 3.05) is 17.2 Å². The first-order valence-corrected chi connectivity index (χ1v) is 10.8. The Hall–Kier alpha value is -4.46. The predicted molar refractivity (Wildman–Crippen MR) is 129 cm³/mol. The summed E-state index contributed by atoms with van der Waals surface area (Å²) in [5, 5.41) is 5.84. The lowest BCUT2D eigenvalue weighted by Crippen LogP contribution is -2.32. The third-order valence-electron chi connectivity index (χ3n) is 5.17. The molecule has 2 heterocycles. The van der Waals surface area contributed by atoms with Crippen molar-refractivity contribution in [3.63, 3.8) is 0 Å². The van der Waals surface area contributed by atoms with Crippen molar-refractivity contribution in [1.82, 2.24) is 9.88 Å². The maximum Gasteiger partial charge on any atom is 0.278 e. The molecule has 1 aliphatic rings. The number of anilines is 2. The van der Waals surface area contributed by atoms with Crippen LogP contribution in [0.25, 0.3) is 5.57 Å². The molecule has 2 N–H and O–H groups in total. The van der Waals surface area contributed by atoms with Crippen LogP contribution in [-0.4, -0.2) is 34.2 Å². The van der Waals surface area contributed by atoms with Crippen LogP contribution in [-0.2, 0) is 20.9 Å². The minimum Gasteiger partial charge on any atom is -0.492 e. The molecule has 0 unspecified atom stereocenters. The molecule has 0 atom stereocenters. The van der Waals surface area contributed by atoms with Crippen molar-refractivity contribution in [2.45, 2.75) is 20.4 Å². The van der Waals surface area contributed by atoms with Crippen molar-refractivity contribution < 1.29 is 19.1 Å². The molecule has 1 aromatic heterocycles. The van der Waals surface area contributed by atoms with Gasteiger partial charge in [0, 0.05) is 25.0 Å². The third kappa shape index (κ3) is 4.80. The first kappa shape index (κ1) is 22.7. The van der Waals surface area contributed by atoms with Crippen LogP contribution in [0.15, 0.2) is 78.8 Å². The van der Waals surface area contributed by atoms with E-state index in [1.54, 1.807) is 54.9 Å². The van der Waals surface area contributed by atoms with Gasteiger partial charge in [-0.2, -0.15) is 0 Å². The van der Waals surface area contributed by atoms with Crippen molar-refractivity contribution in [1.29, 1.82) is 0 Å². The number of ether oxygens (including phenoxy) is 1. The molecule has 0 bridgehead atoms. The van der Waals surface area contributed by atoms with Gasteiger partial charge in [-0.1, -0.05) is 30.3 Å². The fourth-order valence-electron chi connectivity index (χ4n) is 3.69. The molecule has 0 saturated heterocycles. The second-order valence-electron chi connectivity index (χ2n) is 7.62. The average molecular weight is 457 g/mol. The summed E-state index contributed by atoms with van der Waals surface area (Å²) in [6.45, 7) is 3.84. The highest BCUT2D eigenvalue weighted by molar-refractivity contribution is 6.36. The van der Waals surface area contributed by atoms with Crippen LogP contribution in [0, 0.1) is 0 Å². The normalized spacial score (nSPS) is 13.3. The summed E-state index contributed by atoms with van der Waals surface area (Å²) in [7, 11) is 0. The Labute approximate surface area is 197 Å². The van der Waals surface area contributed by atoms with E-state index in [0.717, 1.165) is 5.56 Å². The third-order valence-corrected chi connectivity index (χ3v) is 5.17. The molecule has 0 spiro atoms. The van der Waals surface area contributed by atoms with Gasteiger partial charge in [0.25, 0.3) is 11.8 Å². The van der Waals surface area contributed by atoms with Crippen molar-refractivity contribution in [3.8, 4) is 5.75 Å². The summed E-state index contributed by atoms with van der Waals surface area (Å²) in [5.74, 6) is -0.487. The standard InChI is InChI=1S/C26H24N4O4/c1-3-34-22-9-5-4-8-21(22)29-24-23(19-10-12-20(13-11-19)28-17(2)31)25(32)30(26(24)33)16-18-7-6-14-27-15-18/h4-15,29H,3,16H2,1-2H3,(H,28,31). The van der Waals surface area contributed by atoms with Gasteiger partial charge >= 0.3 is 0 Å². The fraction of sp³-hybridized carbons (Fsp3) is 0.154. The predicted octanol–water partition coefficient (Wildman–Crippen LogP) is 3.83. The number of carbonyl (C=O) groups excluding carboxylic acids is 3. The molecule has 3 amide bonds. The Bertz CT molecular complexity index is 1250. The molecular weight excluding hydrogens is 432 g/mol. The van der Waals surface area contributed by atoms with Crippen LogP contribution in [0.1, 0.15) is 25.0 Å². The number of nitrogens with zero attached hydrogens (tertiary/aromatic N) is 2. The van der Waals surface area contributed by atoms with Gasteiger partial charge in [-0.25, -0.2) is 0 Å². The molecule has 172 valence electrons. The van der Waals surface area contributed by atoms with E-state index >= 15 is 0 Å². The Kier molecular flexibility index (Phi) is 6.68. The molecule has 0 aliphatic carbocycles. The van der Waals surface area contributed by atoms with Crippen molar-refractivity contribution in [3.05, 3.63) is 89.9 Å². The van der Waals surface area contributed by atoms with E-state index in [9.17, 15) is 14.4 Å². The Morgan fingerprint density at radius 2 is 1.76 bits per heavy atom. The van der Waals surface area contributed by atoms with Crippen molar-refractivity contribution in [2.24, 2.45) is 0 Å². The number of amides is 3. The lowest BCUT2D eigenvalue weighted by Gasteiger charge is -2.16. The van der Waals surface area contributed by atoms with E-state index < -0.39 is 11.8 Å². The van der Waals surface area contributed by atoms with Gasteiger partial charge in [-0.15, -0.1) is 0 Å². The largest absolute Gasteiger partial charge is 0.492 e. The van der Waals surface area contributed by atoms with Gasteiger partial charge in [-0.3, -0.25) is 24.3 Å². The summed E-state index contributed by atoms with van der Waals surface area (Å²) < 4.78 is 5.68. The smallest absolute Gasteiger partial charge is 0.278 e. The average Bonchev–Trinajstić information content (AvgIpc) is 3.05. The minimum absolute atomic E-state index is 0.0945. The number of rotatable bonds is 8. The topological polar surface area (TPSA) is 101 Å². The highest BCUT2D eigenvalue weighted by atomic mass is 16.5. The lowest BCUT2D eigenvalue weighted by molar-refractivity contribution is -0.137. The fourth-order valence-corrected chi connectivity index (χ4v) is 3.69. The second kappa shape index (κ2) is 9.99. The van der Waals surface area contributed by atoms with E-state index in [1.807, 2.05) is 25.1 Å². The van der Waals surface area contributed by atoms with Crippen LogP contribution in [0.2, 0.25) is 0 Å². The molecule has 2 aromatic carbocycles. The SMILES string of the molecule is CCOc1ccccc1NC1=C(c2ccc(NC(C)=O)cc2)C(=O)N(Cc2cccnc2)C1=O. The van der Waals surface area contributed by atoms with Gasteiger partial charge in [0.1, 0.15) is 11.4 Å². The summed E-state index contributed by atoms with van der Waals surface area (Å²) in [4.78, 5) is 43.6. The van der Waals surface area contributed by atoms with Gasteiger partial charge in [0.2, 0.25) is 5.91 Å². The van der Waals surface area contributed by atoms with Gasteiger partial charge < -0.3 is 15.4 Å². The number of imide groups is 1. The monoisotopic (exact) mass is 456 g/mol. The summed E-state index contributed by atoms with van der Waals surface area (Å²) >= 11 is 0. The highest BCUT2D eigenvalue weighted by Crippen LogP contribution is 2.34. The first-order valence-electron chi connectivity index (χ1n) is 10.8. The number of nitrogens with one attached hydrogen (secondary N) is 2. The lowest BCUT2D eigenvalue weighted by atomic mass is 10.0. The van der Waals surface area contributed by atoms with Gasteiger partial charge in [0.15, 0.2) is 0 Å². The minimum atomic E-state index is -0.443. The zero-order valence-corrected chi connectivity index (χ0v) is 18.9. The zero-order valence-electron chi connectivity index (χ0n) is 18.9. The number of pyridine rings is 1. The molecule has 0 fully saturated rings. The van der Waals surface area contributed by atoms with Crippen LogP contribution < -0.4 is 15.4 Å². The Balaban J connectivity index is 1.74. The van der Waals surface area contributed by atoms with E-state index in [-0.39, 0.29) is 23.7 Å². The molecule has 4 rings (SSSR count). The summed E-state index contributed by atoms with van der Waals surface area (Å²) in [6.07, 6.45) is 3.26. The zero-order chi connectivity index (χ0) is 24.1.